The van der Waals surface area contributed by atoms with Gasteiger partial charge in [0.15, 0.2) is 5.82 Å². The number of aliphatic hydroxyl groups is 3. The minimum absolute atomic E-state index is 0.103. The molecule has 0 radical (unpaired) electrons. The monoisotopic (exact) mass is 470 g/mol. The van der Waals surface area contributed by atoms with E-state index in [-0.39, 0.29) is 23.9 Å². The molecule has 0 unspecified atom stereocenters. The zero-order valence-corrected chi connectivity index (χ0v) is 18.3. The molecule has 34 heavy (non-hydrogen) atoms. The van der Waals surface area contributed by atoms with Gasteiger partial charge >= 0.3 is 0 Å². The van der Waals surface area contributed by atoms with E-state index in [1.165, 1.54) is 24.5 Å². The van der Waals surface area contributed by atoms with Gasteiger partial charge in [0.05, 0.1) is 30.2 Å². The molecule has 1 aliphatic carbocycles. The zero-order chi connectivity index (χ0) is 24.5. The number of anilines is 1. The Morgan fingerprint density at radius 3 is 2.59 bits per heavy atom. The molecule has 0 saturated heterocycles. The van der Waals surface area contributed by atoms with Gasteiger partial charge in [-0.25, -0.2) is 18.7 Å². The molecule has 2 aromatic heterocycles. The number of aliphatic hydroxyl groups excluding tert-OH is 2. The third-order valence-corrected chi connectivity index (χ3v) is 6.45. The standard InChI is InChI=1S/C24H24F2N4O4/c1-13-9-14(10-20(32)24(13,34)12-31)15-5-7-27-11-19(15)30-23(33)18-6-8-28-22(29-18)21-16(25)3-2-4-17(21)26/h2-8,11,13-14,20,31-32,34H,9-10,12H2,1H3,(H,30,33)/t13-,14+,20+,24+/m0/s1. The molecule has 4 rings (SSSR count). The van der Waals surface area contributed by atoms with Gasteiger partial charge in [-0.15, -0.1) is 0 Å². The van der Waals surface area contributed by atoms with Crippen LogP contribution in [0.4, 0.5) is 14.5 Å². The zero-order valence-electron chi connectivity index (χ0n) is 18.3. The molecule has 4 N–H and O–H groups in total. The predicted octanol–water partition coefficient (Wildman–Crippen LogP) is 2.67. The van der Waals surface area contributed by atoms with Crippen LogP contribution in [-0.4, -0.2) is 54.5 Å². The molecule has 1 fully saturated rings. The summed E-state index contributed by atoms with van der Waals surface area (Å²) in [7, 11) is 0. The minimum Gasteiger partial charge on any atom is -0.393 e. The van der Waals surface area contributed by atoms with Gasteiger partial charge in [0.25, 0.3) is 5.91 Å². The van der Waals surface area contributed by atoms with Gasteiger partial charge in [0, 0.05) is 12.4 Å². The summed E-state index contributed by atoms with van der Waals surface area (Å²) in [6, 6.07) is 6.41. The lowest BCUT2D eigenvalue weighted by Gasteiger charge is -2.44. The van der Waals surface area contributed by atoms with Crippen LogP contribution in [0, 0.1) is 17.6 Å². The second-order valence-corrected chi connectivity index (χ2v) is 8.51. The first-order chi connectivity index (χ1) is 16.2. The molecular formula is C24H24F2N4O4. The molecule has 0 spiro atoms. The highest BCUT2D eigenvalue weighted by molar-refractivity contribution is 6.03. The third-order valence-electron chi connectivity index (χ3n) is 6.45. The van der Waals surface area contributed by atoms with Crippen molar-refractivity contribution in [1.29, 1.82) is 0 Å². The highest BCUT2D eigenvalue weighted by atomic mass is 19.1. The van der Waals surface area contributed by atoms with E-state index in [1.807, 2.05) is 0 Å². The number of hydrogen-bond acceptors (Lipinski definition) is 7. The Bertz CT molecular complexity index is 1180. The maximum absolute atomic E-state index is 14.1. The number of halogens is 2. The van der Waals surface area contributed by atoms with Crippen LogP contribution in [0.5, 0.6) is 0 Å². The van der Waals surface area contributed by atoms with Crippen LogP contribution in [-0.2, 0) is 0 Å². The Kier molecular flexibility index (Phi) is 6.65. The summed E-state index contributed by atoms with van der Waals surface area (Å²) in [4.78, 5) is 24.9. The first-order valence-corrected chi connectivity index (χ1v) is 10.8. The lowest BCUT2D eigenvalue weighted by Crippen LogP contribution is -2.54. The van der Waals surface area contributed by atoms with Gasteiger partial charge in [-0.2, -0.15) is 0 Å². The van der Waals surface area contributed by atoms with E-state index in [2.05, 4.69) is 20.3 Å². The molecule has 4 atom stereocenters. The number of carbonyl (C=O) groups excluding carboxylic acids is 1. The fourth-order valence-electron chi connectivity index (χ4n) is 4.41. The van der Waals surface area contributed by atoms with Crippen LogP contribution in [0.2, 0.25) is 0 Å². The van der Waals surface area contributed by atoms with Crippen molar-refractivity contribution in [3.8, 4) is 11.4 Å². The van der Waals surface area contributed by atoms with Crippen LogP contribution in [0.15, 0.2) is 48.9 Å². The molecule has 3 aromatic rings. The number of nitrogens with zero attached hydrogens (tertiary/aromatic N) is 3. The van der Waals surface area contributed by atoms with Gasteiger partial charge in [0.1, 0.15) is 22.9 Å². The molecule has 10 heteroatoms. The highest BCUT2D eigenvalue weighted by Crippen LogP contribution is 2.43. The maximum Gasteiger partial charge on any atom is 0.274 e. The highest BCUT2D eigenvalue weighted by Gasteiger charge is 2.46. The number of nitrogens with one attached hydrogen (secondary N) is 1. The fraction of sp³-hybridized carbons (Fsp3) is 0.333. The van der Waals surface area contributed by atoms with E-state index in [1.54, 1.807) is 19.2 Å². The summed E-state index contributed by atoms with van der Waals surface area (Å²) in [5.41, 5.74) is -1.05. The summed E-state index contributed by atoms with van der Waals surface area (Å²) in [5.74, 6) is -3.21. The van der Waals surface area contributed by atoms with Gasteiger partial charge < -0.3 is 20.6 Å². The van der Waals surface area contributed by atoms with Crippen molar-refractivity contribution in [3.63, 3.8) is 0 Å². The molecule has 1 aliphatic rings. The van der Waals surface area contributed by atoms with E-state index < -0.39 is 47.3 Å². The van der Waals surface area contributed by atoms with Crippen LogP contribution in [0.25, 0.3) is 11.4 Å². The topological polar surface area (TPSA) is 128 Å². The minimum atomic E-state index is -1.59. The lowest BCUT2D eigenvalue weighted by molar-refractivity contribution is -0.159. The Morgan fingerprint density at radius 1 is 1.18 bits per heavy atom. The second kappa shape index (κ2) is 9.49. The summed E-state index contributed by atoms with van der Waals surface area (Å²) in [5, 5.41) is 33.3. The predicted molar refractivity (Wildman–Crippen MR) is 119 cm³/mol. The van der Waals surface area contributed by atoms with Gasteiger partial charge in [-0.3, -0.25) is 9.78 Å². The number of pyridine rings is 1. The van der Waals surface area contributed by atoms with Crippen molar-refractivity contribution in [1.82, 2.24) is 15.0 Å². The molecule has 1 saturated carbocycles. The van der Waals surface area contributed by atoms with Crippen molar-refractivity contribution in [3.05, 3.63) is 71.8 Å². The molecule has 178 valence electrons. The summed E-state index contributed by atoms with van der Waals surface area (Å²) < 4.78 is 28.3. The van der Waals surface area contributed by atoms with Gasteiger partial charge in [-0.05, 0) is 54.5 Å². The Balaban J connectivity index is 1.59. The quantitative estimate of drug-likeness (QED) is 0.451. The van der Waals surface area contributed by atoms with E-state index in [9.17, 15) is 28.9 Å². The fourth-order valence-corrected chi connectivity index (χ4v) is 4.41. The first-order valence-electron chi connectivity index (χ1n) is 10.8. The molecule has 0 aliphatic heterocycles. The average Bonchev–Trinajstić information content (AvgIpc) is 2.82. The lowest BCUT2D eigenvalue weighted by atomic mass is 9.68. The maximum atomic E-state index is 14.1. The number of benzene rings is 1. The number of aromatic nitrogens is 3. The van der Waals surface area contributed by atoms with Crippen LogP contribution in [0.1, 0.15) is 41.7 Å². The third kappa shape index (κ3) is 4.39. The number of hydrogen-bond donors (Lipinski definition) is 4. The summed E-state index contributed by atoms with van der Waals surface area (Å²) in [6.45, 7) is 1.19. The Morgan fingerprint density at radius 2 is 1.91 bits per heavy atom. The molecular weight excluding hydrogens is 446 g/mol. The van der Waals surface area contributed by atoms with E-state index in [0.29, 0.717) is 17.7 Å². The summed E-state index contributed by atoms with van der Waals surface area (Å²) in [6.07, 6.45) is 3.74. The number of rotatable bonds is 5. The van der Waals surface area contributed by atoms with Crippen molar-refractivity contribution in [2.75, 3.05) is 11.9 Å². The molecule has 1 amide bonds. The SMILES string of the molecule is C[C@H]1C[C@@H](c2ccncc2NC(=O)c2ccnc(-c3c(F)cccc3F)n2)C[C@@H](O)[C@@]1(O)CO. The van der Waals surface area contributed by atoms with E-state index in [4.69, 9.17) is 0 Å². The van der Waals surface area contributed by atoms with Crippen LogP contribution >= 0.6 is 0 Å². The van der Waals surface area contributed by atoms with Gasteiger partial charge in [0.2, 0.25) is 0 Å². The van der Waals surface area contributed by atoms with Crippen molar-refractivity contribution in [2.45, 2.75) is 37.4 Å². The molecule has 8 nitrogen and oxygen atoms in total. The van der Waals surface area contributed by atoms with Crippen molar-refractivity contribution < 1.29 is 28.9 Å². The van der Waals surface area contributed by atoms with E-state index in [0.717, 1.165) is 12.1 Å². The normalized spacial score (nSPS) is 24.6. The largest absolute Gasteiger partial charge is 0.393 e. The van der Waals surface area contributed by atoms with Crippen molar-refractivity contribution >= 4 is 11.6 Å². The second-order valence-electron chi connectivity index (χ2n) is 8.51. The number of carbonyl (C=O) groups is 1. The van der Waals surface area contributed by atoms with Gasteiger partial charge in [-0.1, -0.05) is 13.0 Å². The molecule has 2 heterocycles. The first kappa shape index (κ1) is 23.8. The van der Waals surface area contributed by atoms with Crippen LogP contribution < -0.4 is 5.32 Å². The molecule has 1 aromatic carbocycles. The summed E-state index contributed by atoms with van der Waals surface area (Å²) >= 11 is 0. The van der Waals surface area contributed by atoms with E-state index >= 15 is 0 Å². The van der Waals surface area contributed by atoms with Crippen LogP contribution in [0.3, 0.4) is 0 Å². The Hall–Kier alpha value is -3.34. The molecule has 0 bridgehead atoms. The van der Waals surface area contributed by atoms with Crippen molar-refractivity contribution in [2.24, 2.45) is 5.92 Å². The smallest absolute Gasteiger partial charge is 0.274 e. The Labute approximate surface area is 194 Å². The number of amides is 1. The average molecular weight is 470 g/mol.